The normalized spacial score (nSPS) is 14.4. The fourth-order valence-corrected chi connectivity index (χ4v) is 7.57. The molecule has 1 fully saturated rings. The summed E-state index contributed by atoms with van der Waals surface area (Å²) in [5.41, 5.74) is 0. The van der Waals surface area contributed by atoms with E-state index in [1.807, 2.05) is 14.1 Å². The molecule has 0 aromatic carbocycles. The van der Waals surface area contributed by atoms with E-state index in [2.05, 4.69) is 24.1 Å². The predicted octanol–water partition coefficient (Wildman–Crippen LogP) is 11.3. The molecule has 1 aliphatic carbocycles. The highest BCUT2D eigenvalue weighted by atomic mass is 16.5. The molecule has 0 aromatic heterocycles. The van der Waals surface area contributed by atoms with E-state index in [0.29, 0.717) is 19.4 Å². The van der Waals surface area contributed by atoms with Crippen molar-refractivity contribution < 1.29 is 19.1 Å². The van der Waals surface area contributed by atoms with Gasteiger partial charge in [0.1, 0.15) is 6.04 Å². The molecular weight excluding hydrogens is 635 g/mol. The molecule has 1 rings (SSSR count). The van der Waals surface area contributed by atoms with E-state index in [0.717, 1.165) is 70.8 Å². The maximum atomic E-state index is 13.9. The molecule has 1 N–H and O–H groups in total. The number of rotatable bonds is 34. The summed E-state index contributed by atoms with van der Waals surface area (Å²) in [6, 6.07) is -0.330. The van der Waals surface area contributed by atoms with Gasteiger partial charge in [0.2, 0.25) is 5.91 Å². The average Bonchev–Trinajstić information content (AvgIpc) is 3.39. The molecule has 2 amide bonds. The van der Waals surface area contributed by atoms with E-state index >= 15 is 0 Å². The minimum atomic E-state index is -0.517. The molecule has 300 valence electrons. The summed E-state index contributed by atoms with van der Waals surface area (Å²) >= 11 is 0. The van der Waals surface area contributed by atoms with E-state index in [-0.39, 0.29) is 30.4 Å². The summed E-state index contributed by atoms with van der Waals surface area (Å²) < 4.78 is 5.55. The van der Waals surface area contributed by atoms with E-state index < -0.39 is 6.04 Å². The van der Waals surface area contributed by atoms with Crippen molar-refractivity contribution in [2.24, 2.45) is 0 Å². The van der Waals surface area contributed by atoms with Crippen molar-refractivity contribution in [3.05, 3.63) is 0 Å². The fraction of sp³-hybridized carbons (Fsp3) is 0.932. The zero-order chi connectivity index (χ0) is 37.2. The maximum absolute atomic E-state index is 13.9. The molecule has 0 spiro atoms. The Balaban J connectivity index is 2.60. The second-order valence-corrected chi connectivity index (χ2v) is 16.1. The Kier molecular flexibility index (Phi) is 31.7. The van der Waals surface area contributed by atoms with Crippen LogP contribution in [0.15, 0.2) is 0 Å². The smallest absolute Gasteiger partial charge is 0.306 e. The lowest BCUT2D eigenvalue weighted by Crippen LogP contribution is -2.53. The molecule has 0 aromatic rings. The van der Waals surface area contributed by atoms with Crippen LogP contribution in [0.25, 0.3) is 0 Å². The molecular formula is C44H85N3O4. The quantitative estimate of drug-likeness (QED) is 0.0407. The number of carbonyl (C=O) groups excluding carboxylic acids is 3. The minimum absolute atomic E-state index is 0.0191. The van der Waals surface area contributed by atoms with Crippen LogP contribution in [-0.4, -0.2) is 73.5 Å². The predicted molar refractivity (Wildman–Crippen MR) is 216 cm³/mol. The summed E-state index contributed by atoms with van der Waals surface area (Å²) in [4.78, 5) is 44.2. The van der Waals surface area contributed by atoms with Crippen molar-refractivity contribution in [2.45, 2.75) is 231 Å². The highest BCUT2D eigenvalue weighted by molar-refractivity contribution is 5.89. The first kappa shape index (κ1) is 47.4. The lowest BCUT2D eigenvalue weighted by molar-refractivity contribution is -0.154. The van der Waals surface area contributed by atoms with Crippen LogP contribution < -0.4 is 5.32 Å². The highest BCUT2D eigenvalue weighted by Crippen LogP contribution is 2.20. The number of amides is 2. The maximum Gasteiger partial charge on any atom is 0.306 e. The van der Waals surface area contributed by atoms with E-state index in [1.54, 1.807) is 4.90 Å². The topological polar surface area (TPSA) is 79.0 Å². The largest absolute Gasteiger partial charge is 0.456 e. The van der Waals surface area contributed by atoms with Crippen molar-refractivity contribution in [1.82, 2.24) is 15.1 Å². The van der Waals surface area contributed by atoms with Gasteiger partial charge in [0.05, 0.1) is 0 Å². The van der Waals surface area contributed by atoms with Crippen molar-refractivity contribution in [3.8, 4) is 0 Å². The van der Waals surface area contributed by atoms with Gasteiger partial charge in [-0.05, 0) is 52.7 Å². The van der Waals surface area contributed by atoms with Gasteiger partial charge in [-0.2, -0.15) is 0 Å². The summed E-state index contributed by atoms with van der Waals surface area (Å²) in [5.74, 6) is -0.552. The third-order valence-corrected chi connectivity index (χ3v) is 10.9. The molecule has 1 saturated carbocycles. The van der Waals surface area contributed by atoms with Crippen LogP contribution in [0.4, 0.5) is 0 Å². The van der Waals surface area contributed by atoms with E-state index in [4.69, 9.17) is 4.74 Å². The Labute approximate surface area is 316 Å². The lowest BCUT2D eigenvalue weighted by Gasteiger charge is -2.32. The van der Waals surface area contributed by atoms with Gasteiger partial charge >= 0.3 is 5.97 Å². The van der Waals surface area contributed by atoms with Gasteiger partial charge in [0.15, 0.2) is 6.61 Å². The van der Waals surface area contributed by atoms with Gasteiger partial charge in [-0.1, -0.05) is 181 Å². The van der Waals surface area contributed by atoms with Gasteiger partial charge in [-0.3, -0.25) is 14.4 Å². The zero-order valence-corrected chi connectivity index (χ0v) is 34.4. The minimum Gasteiger partial charge on any atom is -0.456 e. The van der Waals surface area contributed by atoms with Crippen molar-refractivity contribution >= 4 is 17.8 Å². The third-order valence-electron chi connectivity index (χ3n) is 10.9. The molecule has 1 unspecified atom stereocenters. The Morgan fingerprint density at radius 2 is 1.04 bits per heavy atom. The van der Waals surface area contributed by atoms with E-state index in [9.17, 15) is 14.4 Å². The molecule has 0 heterocycles. The monoisotopic (exact) mass is 720 g/mol. The van der Waals surface area contributed by atoms with Crippen molar-refractivity contribution in [2.75, 3.05) is 33.8 Å². The summed E-state index contributed by atoms with van der Waals surface area (Å²) in [5, 5.41) is 3.36. The first-order valence-corrected chi connectivity index (χ1v) is 22.3. The molecule has 0 saturated heterocycles. The van der Waals surface area contributed by atoms with Gasteiger partial charge in [0.25, 0.3) is 5.91 Å². The summed E-state index contributed by atoms with van der Waals surface area (Å²) in [7, 11) is 4.06. The number of hydrogen-bond acceptors (Lipinski definition) is 5. The number of ether oxygens (including phenoxy) is 1. The number of unbranched alkanes of at least 4 members (excludes halogenated alkanes) is 21. The van der Waals surface area contributed by atoms with Gasteiger partial charge in [-0.25, -0.2) is 0 Å². The summed E-state index contributed by atoms with van der Waals surface area (Å²) in [6.07, 6.45) is 37.3. The second-order valence-electron chi connectivity index (χ2n) is 16.1. The van der Waals surface area contributed by atoms with Crippen LogP contribution >= 0.6 is 0 Å². The molecule has 1 atom stereocenters. The van der Waals surface area contributed by atoms with Crippen LogP contribution in [0.5, 0.6) is 0 Å². The molecule has 0 aliphatic heterocycles. The van der Waals surface area contributed by atoms with Gasteiger partial charge in [-0.15, -0.1) is 0 Å². The molecule has 0 bridgehead atoms. The fourth-order valence-electron chi connectivity index (χ4n) is 7.57. The average molecular weight is 720 g/mol. The van der Waals surface area contributed by atoms with Crippen LogP contribution in [-0.2, 0) is 19.1 Å². The van der Waals surface area contributed by atoms with Gasteiger partial charge in [0, 0.05) is 19.0 Å². The Morgan fingerprint density at radius 1 is 0.588 bits per heavy atom. The molecule has 51 heavy (non-hydrogen) atoms. The summed E-state index contributed by atoms with van der Waals surface area (Å²) in [6.45, 7) is 5.58. The lowest BCUT2D eigenvalue weighted by atomic mass is 10.0. The molecule has 1 aliphatic rings. The van der Waals surface area contributed by atoms with Crippen molar-refractivity contribution in [1.29, 1.82) is 0 Å². The number of nitrogens with one attached hydrogen (secondary N) is 1. The Hall–Kier alpha value is -1.63. The molecule has 7 heteroatoms. The third kappa shape index (κ3) is 27.6. The molecule has 7 nitrogen and oxygen atoms in total. The number of esters is 1. The van der Waals surface area contributed by atoms with Crippen molar-refractivity contribution in [3.63, 3.8) is 0 Å². The number of nitrogens with zero attached hydrogens (tertiary/aromatic N) is 2. The van der Waals surface area contributed by atoms with E-state index in [1.165, 1.54) is 128 Å². The standard InChI is InChI=1S/C44H85N3O4/c1-5-7-9-11-13-15-17-18-19-21-23-25-31-36-43(49)51-39-42(48)47(38-32-37-46(3)4)41(44(50)45-40-33-28-26-27-29-34-40)35-30-24-22-20-16-14-12-10-8-6-2/h40-41H,5-39H2,1-4H3,(H,45,50). The number of hydrogen-bond donors (Lipinski definition) is 1. The first-order valence-electron chi connectivity index (χ1n) is 22.3. The van der Waals surface area contributed by atoms with Crippen LogP contribution in [0, 0.1) is 0 Å². The first-order chi connectivity index (χ1) is 24.9. The molecule has 0 radical (unpaired) electrons. The van der Waals surface area contributed by atoms with Crippen LogP contribution in [0.1, 0.15) is 219 Å². The number of carbonyl (C=O) groups is 3. The van der Waals surface area contributed by atoms with Crippen LogP contribution in [0.3, 0.4) is 0 Å². The second kappa shape index (κ2) is 34.2. The van der Waals surface area contributed by atoms with Gasteiger partial charge < -0.3 is 19.9 Å². The Bertz CT molecular complexity index is 827. The Morgan fingerprint density at radius 3 is 1.51 bits per heavy atom. The van der Waals surface area contributed by atoms with Crippen LogP contribution in [0.2, 0.25) is 0 Å². The SMILES string of the molecule is CCCCCCCCCCCCCCCC(=O)OCC(=O)N(CCCN(C)C)C(CCCCCCCCCCCC)C(=O)NC1CCCCCC1. The zero-order valence-electron chi connectivity index (χ0n) is 34.4. The highest BCUT2D eigenvalue weighted by Gasteiger charge is 2.31.